The first-order chi connectivity index (χ1) is 24.5. The fourth-order valence-electron chi connectivity index (χ4n) is 7.01. The maximum atomic E-state index is 14.4. The number of cyclic esters (lactones) is 1. The lowest BCUT2D eigenvalue weighted by Crippen LogP contribution is -2.47. The molecule has 1 N–H and O–H groups in total. The number of hydrogen-bond acceptors (Lipinski definition) is 11. The van der Waals surface area contributed by atoms with Crippen molar-refractivity contribution >= 4 is 45.7 Å². The normalized spacial score (nSPS) is 29.0. The number of sulfonamides is 1. The highest BCUT2D eigenvalue weighted by Crippen LogP contribution is 2.57. The van der Waals surface area contributed by atoms with E-state index in [9.17, 15) is 41.6 Å². The van der Waals surface area contributed by atoms with Crippen LogP contribution in [0.2, 0.25) is 0 Å². The van der Waals surface area contributed by atoms with E-state index in [2.05, 4.69) is 4.72 Å². The molecule has 0 bridgehead atoms. The summed E-state index contributed by atoms with van der Waals surface area (Å²) >= 11 is 0. The Morgan fingerprint density at radius 3 is 2.54 bits per heavy atom. The Morgan fingerprint density at radius 1 is 1.10 bits per heavy atom. The van der Waals surface area contributed by atoms with E-state index in [1.165, 1.54) is 29.2 Å². The first-order valence-corrected chi connectivity index (χ1v) is 18.8. The number of allylic oxidation sites excluding steroid dienone is 3. The number of Topliss-reactive ketones (excluding diaryl/α,β-unsaturated/α-hetero) is 1. The van der Waals surface area contributed by atoms with Crippen LogP contribution < -0.4 is 4.72 Å². The van der Waals surface area contributed by atoms with Crippen LogP contribution >= 0.6 is 0 Å². The maximum Gasteiger partial charge on any atom is 0.410 e. The van der Waals surface area contributed by atoms with Gasteiger partial charge in [0.05, 0.1) is 42.1 Å². The molecule has 3 fully saturated rings. The van der Waals surface area contributed by atoms with Gasteiger partial charge in [0.1, 0.15) is 24.1 Å². The molecule has 0 aromatic heterocycles. The topological polar surface area (TPSA) is 183 Å². The quantitative estimate of drug-likeness (QED) is 0.334. The lowest BCUT2D eigenvalue weighted by Gasteiger charge is -2.29. The second-order valence-corrected chi connectivity index (χ2v) is 17.1. The summed E-state index contributed by atoms with van der Waals surface area (Å²) in [7, 11) is -3.95. The Hall–Kier alpha value is -4.60. The fourth-order valence-corrected chi connectivity index (χ4v) is 8.39. The molecule has 3 aliphatic heterocycles. The number of carbonyl (C=O) groups is 6. The third kappa shape index (κ3) is 8.21. The molecule has 6 rings (SSSR count). The number of carbonyl (C=O) groups excluding carboxylic acids is 6. The summed E-state index contributed by atoms with van der Waals surface area (Å²) in [6.45, 7) is 4.21. The van der Waals surface area contributed by atoms with Gasteiger partial charge in [-0.3, -0.25) is 28.8 Å². The molecule has 52 heavy (non-hydrogen) atoms. The minimum absolute atomic E-state index is 0.0351. The summed E-state index contributed by atoms with van der Waals surface area (Å²) in [6.07, 6.45) is 3.62. The van der Waals surface area contributed by atoms with Gasteiger partial charge in [-0.05, 0) is 57.6 Å². The molecule has 5 aliphatic rings. The molecule has 3 amide bonds. The van der Waals surface area contributed by atoms with Crippen LogP contribution in [0.1, 0.15) is 70.4 Å². The van der Waals surface area contributed by atoms with Crippen molar-refractivity contribution in [1.82, 2.24) is 14.5 Å². The SMILES string of the molecule is CC(C)(C)OC(=O)C[C@H]1COC(=O)/C=C/C=C\[C@@H]2C[C@@]2(C(=O)NS(=O)(=O)C2CC2)CC(=O)[C@@H]2C[C@@H](OC(=O)N3Cc4cccc(F)c4C3)CN2C1=O. The first kappa shape index (κ1) is 37.2. The standard InChI is InChI=1S/C36H42FN3O11S/c1-35(2,3)51-31(43)13-22-20-49-30(42)10-5-4-8-23-15-36(23,33(45)38-52(47,48)25-11-12-25)16-29(41)28-14-24(18-40(28)32(22)44)50-34(46)39-17-21-7-6-9-27(37)26(21)19-39/h4-10,22-25,28H,11-20H2,1-3H3,(H,38,45)/b8-4-,10-5+/t22-,23+,24+,28-,36+/m0/s1. The highest BCUT2D eigenvalue weighted by Gasteiger charge is 2.61. The molecular weight excluding hydrogens is 701 g/mol. The van der Waals surface area contributed by atoms with Crippen molar-refractivity contribution < 1.29 is 55.8 Å². The molecule has 1 aromatic rings. The Morgan fingerprint density at radius 2 is 1.85 bits per heavy atom. The van der Waals surface area contributed by atoms with Crippen molar-refractivity contribution in [3.63, 3.8) is 0 Å². The van der Waals surface area contributed by atoms with E-state index in [0.29, 0.717) is 24.0 Å². The zero-order valence-corrected chi connectivity index (χ0v) is 30.0. The zero-order chi connectivity index (χ0) is 37.6. The number of nitrogens with zero attached hydrogens (tertiary/aromatic N) is 2. The molecule has 14 nitrogen and oxygen atoms in total. The number of hydrogen-bond donors (Lipinski definition) is 1. The van der Waals surface area contributed by atoms with E-state index < -0.39 is 111 Å². The molecule has 5 atom stereocenters. The van der Waals surface area contributed by atoms with E-state index in [1.54, 1.807) is 32.9 Å². The molecule has 3 heterocycles. The predicted molar refractivity (Wildman–Crippen MR) is 179 cm³/mol. The van der Waals surface area contributed by atoms with Gasteiger partial charge < -0.3 is 19.1 Å². The number of ketones is 1. The third-order valence-corrected chi connectivity index (χ3v) is 11.8. The van der Waals surface area contributed by atoms with E-state index in [0.717, 1.165) is 11.0 Å². The molecule has 280 valence electrons. The summed E-state index contributed by atoms with van der Waals surface area (Å²) in [4.78, 5) is 83.4. The monoisotopic (exact) mass is 743 g/mol. The largest absolute Gasteiger partial charge is 0.462 e. The van der Waals surface area contributed by atoms with Gasteiger partial charge >= 0.3 is 18.0 Å². The van der Waals surface area contributed by atoms with Gasteiger partial charge in [0.15, 0.2) is 5.78 Å². The molecule has 0 unspecified atom stereocenters. The zero-order valence-electron chi connectivity index (χ0n) is 29.2. The summed E-state index contributed by atoms with van der Waals surface area (Å²) in [5.41, 5.74) is -1.36. The number of fused-ring (bicyclic) bond motifs is 3. The van der Waals surface area contributed by atoms with Crippen molar-refractivity contribution in [3.05, 3.63) is 59.4 Å². The minimum atomic E-state index is -3.95. The highest BCUT2D eigenvalue weighted by molar-refractivity contribution is 7.90. The average molecular weight is 744 g/mol. The maximum absolute atomic E-state index is 14.4. The Balaban J connectivity index is 1.27. The average Bonchev–Trinajstić information content (AvgIpc) is 3.94. The second-order valence-electron chi connectivity index (χ2n) is 15.1. The molecule has 2 aliphatic carbocycles. The van der Waals surface area contributed by atoms with Crippen molar-refractivity contribution in [2.45, 2.75) is 95.4 Å². The summed E-state index contributed by atoms with van der Waals surface area (Å²) in [6, 6.07) is 3.29. The Kier molecular flexibility index (Phi) is 10.1. The number of benzene rings is 1. The Labute approximate surface area is 300 Å². The summed E-state index contributed by atoms with van der Waals surface area (Å²) in [5, 5.41) is -0.687. The Bertz CT molecular complexity index is 1850. The summed E-state index contributed by atoms with van der Waals surface area (Å²) < 4.78 is 58.6. The van der Waals surface area contributed by atoms with Crippen LogP contribution in [0.5, 0.6) is 0 Å². The van der Waals surface area contributed by atoms with Crippen molar-refractivity contribution in [1.29, 1.82) is 0 Å². The molecular formula is C36H42FN3O11S. The van der Waals surface area contributed by atoms with Crippen LogP contribution in [0.4, 0.5) is 9.18 Å². The summed E-state index contributed by atoms with van der Waals surface area (Å²) in [5.74, 6) is -6.03. The number of rotatable bonds is 6. The predicted octanol–water partition coefficient (Wildman–Crippen LogP) is 2.84. The van der Waals surface area contributed by atoms with Crippen molar-refractivity contribution in [2.24, 2.45) is 17.3 Å². The van der Waals surface area contributed by atoms with Crippen LogP contribution in [-0.2, 0) is 61.3 Å². The lowest BCUT2D eigenvalue weighted by molar-refractivity contribution is -0.161. The van der Waals surface area contributed by atoms with Gasteiger partial charge in [-0.25, -0.2) is 22.4 Å². The number of amides is 3. The molecule has 1 aromatic carbocycles. The number of esters is 2. The van der Waals surface area contributed by atoms with Crippen molar-refractivity contribution in [2.75, 3.05) is 13.2 Å². The molecule has 2 saturated carbocycles. The number of ether oxygens (including phenoxy) is 3. The molecule has 0 radical (unpaired) electrons. The number of halogens is 1. The van der Waals surface area contributed by atoms with Gasteiger partial charge in [-0.2, -0.15) is 0 Å². The van der Waals surface area contributed by atoms with Gasteiger partial charge in [0.25, 0.3) is 0 Å². The minimum Gasteiger partial charge on any atom is -0.462 e. The molecule has 0 spiro atoms. The van der Waals surface area contributed by atoms with Crippen LogP contribution in [0.25, 0.3) is 0 Å². The van der Waals surface area contributed by atoms with Crippen LogP contribution in [0.15, 0.2) is 42.5 Å². The van der Waals surface area contributed by atoms with Crippen LogP contribution in [0, 0.1) is 23.1 Å². The van der Waals surface area contributed by atoms with Gasteiger partial charge in [0, 0.05) is 31.0 Å². The van der Waals surface area contributed by atoms with E-state index in [1.807, 2.05) is 0 Å². The van der Waals surface area contributed by atoms with Gasteiger partial charge in [-0.15, -0.1) is 0 Å². The highest BCUT2D eigenvalue weighted by atomic mass is 32.2. The van der Waals surface area contributed by atoms with E-state index >= 15 is 0 Å². The van der Waals surface area contributed by atoms with Crippen LogP contribution in [0.3, 0.4) is 0 Å². The molecule has 1 saturated heterocycles. The van der Waals surface area contributed by atoms with Gasteiger partial charge in [0.2, 0.25) is 21.8 Å². The third-order valence-electron chi connectivity index (χ3n) is 9.94. The van der Waals surface area contributed by atoms with Gasteiger partial charge in [-0.1, -0.05) is 30.4 Å². The fraction of sp³-hybridized carbons (Fsp3) is 0.556. The first-order valence-electron chi connectivity index (χ1n) is 17.3. The van der Waals surface area contributed by atoms with Crippen LogP contribution in [-0.4, -0.2) is 90.0 Å². The lowest BCUT2D eigenvalue weighted by atomic mass is 9.91. The molecule has 16 heteroatoms. The van der Waals surface area contributed by atoms with E-state index in [4.69, 9.17) is 14.2 Å². The van der Waals surface area contributed by atoms with E-state index in [-0.39, 0.29) is 32.5 Å². The second kappa shape index (κ2) is 14.1. The van der Waals surface area contributed by atoms with Crippen molar-refractivity contribution in [3.8, 4) is 0 Å². The number of nitrogens with one attached hydrogen (secondary N) is 1. The smallest absolute Gasteiger partial charge is 0.410 e.